The maximum Gasteiger partial charge on any atom is 0.411 e. The third-order valence-electron chi connectivity index (χ3n) is 2.70. The van der Waals surface area contributed by atoms with Gasteiger partial charge in [-0.15, -0.1) is 0 Å². The number of amides is 1. The Kier molecular flexibility index (Phi) is 3.19. The number of hydrogen-bond donors (Lipinski definition) is 1. The molecule has 1 N–H and O–H groups in total. The van der Waals surface area contributed by atoms with E-state index in [1.807, 2.05) is 5.32 Å². The molecule has 0 unspecified atom stereocenters. The second kappa shape index (κ2) is 4.28. The van der Waals surface area contributed by atoms with E-state index in [0.29, 0.717) is 0 Å². The molecule has 0 radical (unpaired) electrons. The minimum atomic E-state index is -4.45. The Morgan fingerprint density at radius 1 is 1.39 bits per heavy atom. The molecule has 98 valence electrons. The molecular weight excluding hydrogens is 292 g/mol. The molecule has 1 aromatic heterocycles. The fourth-order valence-electron chi connectivity index (χ4n) is 1.44. The van der Waals surface area contributed by atoms with Gasteiger partial charge in [-0.25, -0.2) is 4.98 Å². The van der Waals surface area contributed by atoms with Crippen molar-refractivity contribution in [3.05, 3.63) is 28.0 Å². The highest BCUT2D eigenvalue weighted by Gasteiger charge is 2.64. The van der Waals surface area contributed by atoms with Crippen LogP contribution in [0.25, 0.3) is 0 Å². The lowest BCUT2D eigenvalue weighted by molar-refractivity contribution is -0.163. The summed E-state index contributed by atoms with van der Waals surface area (Å²) in [6.45, 7) is 0. The Morgan fingerprint density at radius 2 is 2.00 bits per heavy atom. The van der Waals surface area contributed by atoms with E-state index < -0.39 is 17.6 Å². The summed E-state index contributed by atoms with van der Waals surface area (Å²) < 4.78 is 37.9. The van der Waals surface area contributed by atoms with Gasteiger partial charge in [0.15, 0.2) is 0 Å². The van der Waals surface area contributed by atoms with Crippen molar-refractivity contribution in [2.75, 3.05) is 0 Å². The van der Waals surface area contributed by atoms with Crippen LogP contribution >= 0.6 is 23.2 Å². The highest BCUT2D eigenvalue weighted by Crippen LogP contribution is 2.49. The Bertz CT molecular complexity index is 500. The summed E-state index contributed by atoms with van der Waals surface area (Å²) in [4.78, 5) is 15.3. The predicted octanol–water partition coefficient (Wildman–Crippen LogP) is 3.21. The van der Waals surface area contributed by atoms with Crippen LogP contribution in [-0.4, -0.2) is 22.6 Å². The SMILES string of the molecule is O=C(NC1(C(F)(F)F)CC1)c1cnc(Cl)c(Cl)c1. The topological polar surface area (TPSA) is 42.0 Å². The predicted molar refractivity (Wildman–Crippen MR) is 59.7 cm³/mol. The molecule has 1 fully saturated rings. The first-order valence-electron chi connectivity index (χ1n) is 4.95. The summed E-state index contributed by atoms with van der Waals surface area (Å²) in [6, 6.07) is 1.18. The van der Waals surface area contributed by atoms with Crippen LogP contribution in [0, 0.1) is 0 Å². The number of pyridine rings is 1. The first-order valence-corrected chi connectivity index (χ1v) is 5.71. The van der Waals surface area contributed by atoms with Gasteiger partial charge in [-0.05, 0) is 18.9 Å². The molecule has 1 saturated carbocycles. The molecule has 0 aliphatic heterocycles. The summed E-state index contributed by atoms with van der Waals surface area (Å²) in [6.07, 6.45) is -3.60. The number of carbonyl (C=O) groups excluding carboxylic acids is 1. The van der Waals surface area contributed by atoms with Gasteiger partial charge in [0.1, 0.15) is 10.7 Å². The third-order valence-corrected chi connectivity index (χ3v) is 3.39. The van der Waals surface area contributed by atoms with Crippen molar-refractivity contribution < 1.29 is 18.0 Å². The van der Waals surface area contributed by atoms with E-state index in [2.05, 4.69) is 4.98 Å². The minimum absolute atomic E-state index is 0.00910. The van der Waals surface area contributed by atoms with E-state index in [-0.39, 0.29) is 28.6 Å². The van der Waals surface area contributed by atoms with Crippen molar-refractivity contribution in [1.29, 1.82) is 0 Å². The van der Waals surface area contributed by atoms with E-state index in [1.54, 1.807) is 0 Å². The lowest BCUT2D eigenvalue weighted by Gasteiger charge is -2.20. The average Bonchev–Trinajstić information content (AvgIpc) is 3.02. The number of carbonyl (C=O) groups is 1. The number of hydrogen-bond acceptors (Lipinski definition) is 2. The van der Waals surface area contributed by atoms with Crippen LogP contribution in [0.2, 0.25) is 10.2 Å². The molecule has 18 heavy (non-hydrogen) atoms. The monoisotopic (exact) mass is 298 g/mol. The minimum Gasteiger partial charge on any atom is -0.338 e. The van der Waals surface area contributed by atoms with Gasteiger partial charge < -0.3 is 5.32 Å². The number of aromatic nitrogens is 1. The quantitative estimate of drug-likeness (QED) is 0.852. The Balaban J connectivity index is 2.16. The van der Waals surface area contributed by atoms with Gasteiger partial charge in [-0.1, -0.05) is 23.2 Å². The van der Waals surface area contributed by atoms with Crippen LogP contribution in [0.15, 0.2) is 12.3 Å². The second-order valence-corrected chi connectivity index (χ2v) is 4.80. The maximum absolute atomic E-state index is 12.6. The highest BCUT2D eigenvalue weighted by molar-refractivity contribution is 6.41. The van der Waals surface area contributed by atoms with Gasteiger partial charge in [-0.3, -0.25) is 4.79 Å². The van der Waals surface area contributed by atoms with Crippen LogP contribution in [0.5, 0.6) is 0 Å². The van der Waals surface area contributed by atoms with Crippen molar-refractivity contribution in [1.82, 2.24) is 10.3 Å². The van der Waals surface area contributed by atoms with E-state index >= 15 is 0 Å². The van der Waals surface area contributed by atoms with Gasteiger partial charge in [0.25, 0.3) is 5.91 Å². The van der Waals surface area contributed by atoms with Gasteiger partial charge >= 0.3 is 6.18 Å². The van der Waals surface area contributed by atoms with Gasteiger partial charge in [0.05, 0.1) is 10.6 Å². The number of rotatable bonds is 2. The van der Waals surface area contributed by atoms with E-state index in [9.17, 15) is 18.0 Å². The fourth-order valence-corrected chi connectivity index (χ4v) is 1.71. The molecule has 0 bridgehead atoms. The Labute approximate surface area is 110 Å². The molecule has 8 heteroatoms. The van der Waals surface area contributed by atoms with Crippen molar-refractivity contribution in [2.24, 2.45) is 0 Å². The lowest BCUT2D eigenvalue weighted by atomic mass is 10.2. The van der Waals surface area contributed by atoms with Gasteiger partial charge in [0, 0.05) is 6.20 Å². The van der Waals surface area contributed by atoms with Crippen LogP contribution < -0.4 is 5.32 Å². The molecule has 0 atom stereocenters. The summed E-state index contributed by atoms with van der Waals surface area (Å²) in [5, 5.41) is 1.97. The Morgan fingerprint density at radius 3 is 2.44 bits per heavy atom. The van der Waals surface area contributed by atoms with Crippen LogP contribution in [0.4, 0.5) is 13.2 Å². The van der Waals surface area contributed by atoms with Crippen molar-refractivity contribution in [2.45, 2.75) is 24.6 Å². The normalized spacial score (nSPS) is 17.4. The molecule has 0 spiro atoms. The fraction of sp³-hybridized carbons (Fsp3) is 0.400. The second-order valence-electron chi connectivity index (χ2n) is 4.03. The van der Waals surface area contributed by atoms with Crippen molar-refractivity contribution >= 4 is 29.1 Å². The Hall–Kier alpha value is -1.01. The van der Waals surface area contributed by atoms with E-state index in [0.717, 1.165) is 6.20 Å². The largest absolute Gasteiger partial charge is 0.411 e. The molecule has 1 aromatic rings. The van der Waals surface area contributed by atoms with E-state index in [1.165, 1.54) is 6.07 Å². The van der Waals surface area contributed by atoms with E-state index in [4.69, 9.17) is 23.2 Å². The number of halogens is 5. The first-order chi connectivity index (χ1) is 8.25. The molecule has 3 nitrogen and oxygen atoms in total. The smallest absolute Gasteiger partial charge is 0.338 e. The summed E-state index contributed by atoms with van der Waals surface area (Å²) >= 11 is 11.2. The molecule has 1 aliphatic carbocycles. The molecule has 0 saturated heterocycles. The van der Waals surface area contributed by atoms with Crippen molar-refractivity contribution in [3.8, 4) is 0 Å². The number of nitrogens with zero attached hydrogens (tertiary/aromatic N) is 1. The summed E-state index contributed by atoms with van der Waals surface area (Å²) in [5.74, 6) is -0.865. The summed E-state index contributed by atoms with van der Waals surface area (Å²) in [7, 11) is 0. The third kappa shape index (κ3) is 2.40. The lowest BCUT2D eigenvalue weighted by Crippen LogP contribution is -2.47. The number of nitrogens with one attached hydrogen (secondary N) is 1. The maximum atomic E-state index is 12.6. The molecule has 1 heterocycles. The molecule has 2 rings (SSSR count). The summed E-state index contributed by atoms with van der Waals surface area (Å²) in [5.41, 5.74) is -2.16. The molecular formula is C10H7Cl2F3N2O. The standard InChI is InChI=1S/C10H7Cl2F3N2O/c11-6-3-5(4-16-7(6)12)8(18)17-9(1-2-9)10(13,14)15/h3-4H,1-2H2,(H,17,18). The zero-order chi connectivity index (χ0) is 13.6. The average molecular weight is 299 g/mol. The molecule has 1 amide bonds. The highest BCUT2D eigenvalue weighted by atomic mass is 35.5. The molecule has 1 aliphatic rings. The molecule has 0 aromatic carbocycles. The van der Waals surface area contributed by atoms with Crippen LogP contribution in [0.3, 0.4) is 0 Å². The number of alkyl halides is 3. The van der Waals surface area contributed by atoms with Gasteiger partial charge in [0.2, 0.25) is 0 Å². The van der Waals surface area contributed by atoms with Crippen LogP contribution in [-0.2, 0) is 0 Å². The van der Waals surface area contributed by atoms with Crippen molar-refractivity contribution in [3.63, 3.8) is 0 Å². The van der Waals surface area contributed by atoms with Gasteiger partial charge in [-0.2, -0.15) is 13.2 Å². The zero-order valence-electron chi connectivity index (χ0n) is 8.81. The first kappa shape index (κ1) is 13.4. The van der Waals surface area contributed by atoms with Crippen LogP contribution in [0.1, 0.15) is 23.2 Å². The zero-order valence-corrected chi connectivity index (χ0v) is 10.3.